The number of hydrogen-bond donors (Lipinski definition) is 2. The van der Waals surface area contributed by atoms with Gasteiger partial charge in [-0.25, -0.2) is 16.8 Å². The molecule has 2 N–H and O–H groups in total. The third-order valence-corrected chi connectivity index (χ3v) is 9.95. The molecule has 41 heavy (non-hydrogen) atoms. The number of nitrogens with zero attached hydrogens (tertiary/aromatic N) is 1. The van der Waals surface area contributed by atoms with Crippen LogP contribution in [0, 0.1) is 27.7 Å². The number of hydrogen-bond acceptors (Lipinski definition) is 5. The van der Waals surface area contributed by atoms with Crippen molar-refractivity contribution in [2.45, 2.75) is 37.5 Å². The van der Waals surface area contributed by atoms with Gasteiger partial charge in [-0.05, 0) is 105 Å². The molecule has 0 radical (unpaired) electrons. The van der Waals surface area contributed by atoms with Gasteiger partial charge in [0, 0.05) is 16.4 Å². The zero-order valence-electron chi connectivity index (χ0n) is 23.0. The summed E-state index contributed by atoms with van der Waals surface area (Å²) >= 11 is 6.19. The summed E-state index contributed by atoms with van der Waals surface area (Å²) in [6.45, 7) is 6.87. The van der Waals surface area contributed by atoms with Crippen molar-refractivity contribution in [3.63, 3.8) is 0 Å². The number of carbonyl (C=O) groups excluding carboxylic acids is 1. The van der Waals surface area contributed by atoms with Crippen molar-refractivity contribution < 1.29 is 21.6 Å². The van der Waals surface area contributed by atoms with Crippen LogP contribution in [0.25, 0.3) is 0 Å². The van der Waals surface area contributed by atoms with Gasteiger partial charge in [0.05, 0.1) is 15.5 Å². The molecule has 4 rings (SSSR count). The summed E-state index contributed by atoms with van der Waals surface area (Å²) in [4.78, 5) is 13.2. The highest BCUT2D eigenvalue weighted by Crippen LogP contribution is 2.30. The van der Waals surface area contributed by atoms with Gasteiger partial charge in [-0.2, -0.15) is 0 Å². The Kier molecular flexibility index (Phi) is 8.77. The van der Waals surface area contributed by atoms with Crippen LogP contribution in [-0.4, -0.2) is 29.3 Å². The largest absolute Gasteiger partial charge is 0.325 e. The summed E-state index contributed by atoms with van der Waals surface area (Å²) in [6.07, 6.45) is 0. The standard InChI is InChI=1S/C30H30ClN3O5S2/c1-20-5-13-28(14-6-20)41(38,39)34(29-18-24(31)9-7-22(29)3)19-30(35)32-25-11-15-27(16-12-25)40(36,37)33-26-10-8-21(2)23(4)17-26/h5-18,33H,19H2,1-4H3,(H,32,35). The van der Waals surface area contributed by atoms with Crippen LogP contribution in [0.2, 0.25) is 5.02 Å². The lowest BCUT2D eigenvalue weighted by molar-refractivity contribution is -0.114. The Morgan fingerprint density at radius 1 is 0.707 bits per heavy atom. The first-order valence-corrected chi connectivity index (χ1v) is 15.9. The molecular formula is C30H30ClN3O5S2. The quantitative estimate of drug-likeness (QED) is 0.234. The van der Waals surface area contributed by atoms with E-state index in [4.69, 9.17) is 11.6 Å². The second kappa shape index (κ2) is 11.9. The predicted octanol–water partition coefficient (Wildman–Crippen LogP) is 6.21. The number of halogens is 1. The third-order valence-electron chi connectivity index (χ3n) is 6.54. The van der Waals surface area contributed by atoms with Gasteiger partial charge in [-0.1, -0.05) is 41.4 Å². The topological polar surface area (TPSA) is 113 Å². The summed E-state index contributed by atoms with van der Waals surface area (Å²) in [5.41, 5.74) is 4.52. The average Bonchev–Trinajstić information content (AvgIpc) is 2.91. The molecule has 4 aromatic rings. The van der Waals surface area contributed by atoms with Crippen LogP contribution in [0.15, 0.2) is 94.7 Å². The molecule has 4 aromatic carbocycles. The van der Waals surface area contributed by atoms with Gasteiger partial charge < -0.3 is 5.32 Å². The Morgan fingerprint density at radius 2 is 1.29 bits per heavy atom. The number of sulfonamides is 2. The van der Waals surface area contributed by atoms with Gasteiger partial charge in [0.25, 0.3) is 20.0 Å². The summed E-state index contributed by atoms with van der Waals surface area (Å²) in [5.74, 6) is -0.621. The van der Waals surface area contributed by atoms with E-state index in [2.05, 4.69) is 10.0 Å². The molecule has 0 unspecified atom stereocenters. The minimum Gasteiger partial charge on any atom is -0.325 e. The van der Waals surface area contributed by atoms with Crippen LogP contribution in [0.1, 0.15) is 22.3 Å². The molecule has 0 saturated heterocycles. The predicted molar refractivity (Wildman–Crippen MR) is 164 cm³/mol. The molecule has 1 amide bonds. The highest BCUT2D eigenvalue weighted by Gasteiger charge is 2.28. The van der Waals surface area contributed by atoms with Crippen LogP contribution in [0.4, 0.5) is 17.1 Å². The van der Waals surface area contributed by atoms with Crippen LogP contribution >= 0.6 is 11.6 Å². The lowest BCUT2D eigenvalue weighted by Gasteiger charge is -2.26. The Morgan fingerprint density at radius 3 is 1.93 bits per heavy atom. The highest BCUT2D eigenvalue weighted by atomic mass is 35.5. The molecule has 0 heterocycles. The number of carbonyl (C=O) groups is 1. The van der Waals surface area contributed by atoms with Crippen LogP contribution in [-0.2, 0) is 24.8 Å². The van der Waals surface area contributed by atoms with E-state index in [1.807, 2.05) is 26.8 Å². The first kappa shape index (κ1) is 30.1. The SMILES string of the molecule is Cc1ccc(S(=O)(=O)N(CC(=O)Nc2ccc(S(=O)(=O)Nc3ccc(C)c(C)c3)cc2)c2cc(Cl)ccc2C)cc1. The van der Waals surface area contributed by atoms with E-state index < -0.39 is 32.5 Å². The zero-order chi connectivity index (χ0) is 29.9. The minimum absolute atomic E-state index is 0.00635. The summed E-state index contributed by atoms with van der Waals surface area (Å²) in [5, 5.41) is 2.98. The van der Waals surface area contributed by atoms with Crippen molar-refractivity contribution in [2.75, 3.05) is 20.9 Å². The van der Waals surface area contributed by atoms with Crippen molar-refractivity contribution in [3.8, 4) is 0 Å². The maximum Gasteiger partial charge on any atom is 0.264 e. The lowest BCUT2D eigenvalue weighted by Crippen LogP contribution is -2.38. The van der Waals surface area contributed by atoms with Crippen molar-refractivity contribution >= 4 is 54.6 Å². The molecule has 8 nitrogen and oxygen atoms in total. The molecule has 0 aliphatic heterocycles. The molecule has 0 aromatic heterocycles. The van der Waals surface area contributed by atoms with Crippen molar-refractivity contribution in [3.05, 3.63) is 112 Å². The van der Waals surface area contributed by atoms with E-state index in [0.717, 1.165) is 21.0 Å². The number of benzene rings is 4. The minimum atomic E-state index is -4.13. The van der Waals surface area contributed by atoms with E-state index in [0.29, 0.717) is 22.0 Å². The average molecular weight is 612 g/mol. The van der Waals surface area contributed by atoms with Gasteiger partial charge in [0.1, 0.15) is 6.54 Å². The molecule has 0 fully saturated rings. The van der Waals surface area contributed by atoms with Gasteiger partial charge in [-0.3, -0.25) is 13.8 Å². The Bertz CT molecular complexity index is 1810. The number of amides is 1. The van der Waals surface area contributed by atoms with Gasteiger partial charge in [0.2, 0.25) is 5.91 Å². The first-order valence-electron chi connectivity index (χ1n) is 12.6. The van der Waals surface area contributed by atoms with Crippen LogP contribution in [0.5, 0.6) is 0 Å². The molecule has 11 heteroatoms. The molecule has 0 aliphatic rings. The molecule has 0 bridgehead atoms. The third kappa shape index (κ3) is 7.08. The second-order valence-corrected chi connectivity index (χ2v) is 13.7. The number of rotatable bonds is 9. The fourth-order valence-electron chi connectivity index (χ4n) is 4.06. The highest BCUT2D eigenvalue weighted by molar-refractivity contribution is 7.93. The Balaban J connectivity index is 1.55. The van der Waals surface area contributed by atoms with Gasteiger partial charge >= 0.3 is 0 Å². The van der Waals surface area contributed by atoms with Crippen molar-refractivity contribution in [2.24, 2.45) is 0 Å². The molecule has 0 saturated carbocycles. The maximum atomic E-state index is 13.7. The fraction of sp³-hybridized carbons (Fsp3) is 0.167. The molecule has 214 valence electrons. The van der Waals surface area contributed by atoms with E-state index in [1.165, 1.54) is 42.5 Å². The normalized spacial score (nSPS) is 11.6. The summed E-state index contributed by atoms with van der Waals surface area (Å²) in [6, 6.07) is 22.0. The van der Waals surface area contributed by atoms with E-state index in [9.17, 15) is 21.6 Å². The summed E-state index contributed by atoms with van der Waals surface area (Å²) < 4.78 is 56.7. The molecule has 0 aliphatic carbocycles. The Labute approximate surface area is 246 Å². The van der Waals surface area contributed by atoms with Crippen LogP contribution in [0.3, 0.4) is 0 Å². The number of aryl methyl sites for hydroxylation is 4. The number of nitrogens with one attached hydrogen (secondary N) is 2. The molecule has 0 spiro atoms. The monoisotopic (exact) mass is 611 g/mol. The second-order valence-electron chi connectivity index (χ2n) is 9.73. The molecular weight excluding hydrogens is 582 g/mol. The van der Waals surface area contributed by atoms with Crippen molar-refractivity contribution in [1.82, 2.24) is 0 Å². The molecule has 0 atom stereocenters. The van der Waals surface area contributed by atoms with E-state index in [1.54, 1.807) is 43.3 Å². The first-order chi connectivity index (χ1) is 19.3. The van der Waals surface area contributed by atoms with Gasteiger partial charge in [-0.15, -0.1) is 0 Å². The van der Waals surface area contributed by atoms with Crippen LogP contribution < -0.4 is 14.3 Å². The van der Waals surface area contributed by atoms with Gasteiger partial charge in [0.15, 0.2) is 0 Å². The summed E-state index contributed by atoms with van der Waals surface area (Å²) in [7, 11) is -8.00. The Hall–Kier alpha value is -3.86. The maximum absolute atomic E-state index is 13.7. The zero-order valence-corrected chi connectivity index (χ0v) is 25.4. The van der Waals surface area contributed by atoms with E-state index in [-0.39, 0.29) is 15.5 Å². The van der Waals surface area contributed by atoms with E-state index >= 15 is 0 Å². The lowest BCUT2D eigenvalue weighted by atomic mass is 10.1. The van der Waals surface area contributed by atoms with Crippen molar-refractivity contribution in [1.29, 1.82) is 0 Å². The fourth-order valence-corrected chi connectivity index (χ4v) is 6.75. The smallest absolute Gasteiger partial charge is 0.264 e. The number of anilines is 3.